The van der Waals surface area contributed by atoms with E-state index in [1.807, 2.05) is 60.7 Å². The van der Waals surface area contributed by atoms with Crippen molar-refractivity contribution < 1.29 is 14.3 Å². The van der Waals surface area contributed by atoms with E-state index in [2.05, 4.69) is 15.4 Å². The van der Waals surface area contributed by atoms with Crippen molar-refractivity contribution in [2.75, 3.05) is 11.9 Å². The molecule has 0 fully saturated rings. The quantitative estimate of drug-likeness (QED) is 0.343. The molecule has 0 radical (unpaired) electrons. The molecular formula is C23H15Cl3N4O3. The number of nitrogens with zero attached hydrogens (tertiary/aromatic N) is 3. The van der Waals surface area contributed by atoms with Crippen LogP contribution in [0.5, 0.6) is 0 Å². The van der Waals surface area contributed by atoms with Gasteiger partial charge in [-0.3, -0.25) is 4.79 Å². The normalized spacial score (nSPS) is 10.6. The SMILES string of the molecule is O=C(COC(=O)c1ncc(Cl)c(Cl)c1Cl)Nc1cc(-c2ccccc2)nn1-c1ccccc1. The highest BCUT2D eigenvalue weighted by molar-refractivity contribution is 6.48. The molecule has 33 heavy (non-hydrogen) atoms. The van der Waals surface area contributed by atoms with Gasteiger partial charge in [-0.1, -0.05) is 83.3 Å². The molecule has 0 unspecified atom stereocenters. The molecular weight excluding hydrogens is 487 g/mol. The molecule has 2 aromatic carbocycles. The second-order valence-electron chi connectivity index (χ2n) is 6.74. The van der Waals surface area contributed by atoms with Crippen LogP contribution in [0.3, 0.4) is 0 Å². The van der Waals surface area contributed by atoms with E-state index in [9.17, 15) is 9.59 Å². The number of aromatic nitrogens is 3. The Morgan fingerprint density at radius 2 is 1.61 bits per heavy atom. The van der Waals surface area contributed by atoms with Crippen molar-refractivity contribution in [2.24, 2.45) is 0 Å². The Kier molecular flexibility index (Phi) is 6.93. The predicted molar refractivity (Wildman–Crippen MR) is 127 cm³/mol. The van der Waals surface area contributed by atoms with E-state index >= 15 is 0 Å². The molecule has 0 saturated heterocycles. The number of rotatable bonds is 6. The second kappa shape index (κ2) is 10.0. The average molecular weight is 502 g/mol. The van der Waals surface area contributed by atoms with Crippen molar-refractivity contribution in [1.82, 2.24) is 14.8 Å². The summed E-state index contributed by atoms with van der Waals surface area (Å²) < 4.78 is 6.64. The zero-order valence-corrected chi connectivity index (χ0v) is 19.1. The molecule has 2 aromatic heterocycles. The topological polar surface area (TPSA) is 86.1 Å². The van der Waals surface area contributed by atoms with Crippen molar-refractivity contribution in [3.8, 4) is 16.9 Å². The number of hydrogen-bond donors (Lipinski definition) is 1. The first kappa shape index (κ1) is 22.8. The van der Waals surface area contributed by atoms with E-state index < -0.39 is 18.5 Å². The number of ether oxygens (including phenoxy) is 1. The molecule has 0 saturated carbocycles. The summed E-state index contributed by atoms with van der Waals surface area (Å²) in [5, 5.41) is 7.27. The zero-order valence-electron chi connectivity index (χ0n) is 16.8. The largest absolute Gasteiger partial charge is 0.451 e. The molecule has 1 N–H and O–H groups in total. The number of para-hydroxylation sites is 1. The van der Waals surface area contributed by atoms with E-state index in [1.54, 1.807) is 10.7 Å². The highest BCUT2D eigenvalue weighted by Gasteiger charge is 2.20. The molecule has 7 nitrogen and oxygen atoms in total. The lowest BCUT2D eigenvalue weighted by Gasteiger charge is -2.10. The smallest absolute Gasteiger partial charge is 0.359 e. The maximum atomic E-state index is 12.6. The van der Waals surface area contributed by atoms with Crippen LogP contribution in [0.2, 0.25) is 15.1 Å². The van der Waals surface area contributed by atoms with Crippen molar-refractivity contribution >= 4 is 52.5 Å². The summed E-state index contributed by atoms with van der Waals surface area (Å²) >= 11 is 17.7. The molecule has 4 aromatic rings. The van der Waals surface area contributed by atoms with E-state index in [0.29, 0.717) is 11.5 Å². The van der Waals surface area contributed by atoms with Crippen LogP contribution in [0.4, 0.5) is 5.82 Å². The number of hydrogen-bond acceptors (Lipinski definition) is 5. The lowest BCUT2D eigenvalue weighted by Crippen LogP contribution is -2.23. The Labute approximate surface area is 203 Å². The maximum Gasteiger partial charge on any atom is 0.359 e. The molecule has 0 aliphatic rings. The lowest BCUT2D eigenvalue weighted by molar-refractivity contribution is -0.119. The molecule has 0 bridgehead atoms. The first-order valence-electron chi connectivity index (χ1n) is 9.61. The van der Waals surface area contributed by atoms with Crippen molar-refractivity contribution in [2.45, 2.75) is 0 Å². The molecule has 0 atom stereocenters. The molecule has 0 spiro atoms. The fourth-order valence-electron chi connectivity index (χ4n) is 2.95. The lowest BCUT2D eigenvalue weighted by atomic mass is 10.2. The average Bonchev–Trinajstić information content (AvgIpc) is 3.26. The summed E-state index contributed by atoms with van der Waals surface area (Å²) in [6, 6.07) is 20.6. The van der Waals surface area contributed by atoms with Gasteiger partial charge in [0.2, 0.25) is 0 Å². The summed E-state index contributed by atoms with van der Waals surface area (Å²) in [7, 11) is 0. The number of esters is 1. The number of halogens is 3. The minimum Gasteiger partial charge on any atom is -0.451 e. The first-order valence-corrected chi connectivity index (χ1v) is 10.7. The summed E-state index contributed by atoms with van der Waals surface area (Å²) in [6.07, 6.45) is 1.18. The fourth-order valence-corrected chi connectivity index (χ4v) is 3.51. The van der Waals surface area contributed by atoms with Gasteiger partial charge in [-0.25, -0.2) is 14.5 Å². The van der Waals surface area contributed by atoms with Gasteiger partial charge < -0.3 is 10.1 Å². The third-order valence-electron chi connectivity index (χ3n) is 4.49. The predicted octanol–water partition coefficient (Wildman–Crippen LogP) is 5.69. The summed E-state index contributed by atoms with van der Waals surface area (Å²) in [5.74, 6) is -1.07. The number of anilines is 1. The van der Waals surface area contributed by atoms with Crippen LogP contribution in [0, 0.1) is 0 Å². The Bertz CT molecular complexity index is 1310. The molecule has 0 aliphatic carbocycles. The second-order valence-corrected chi connectivity index (χ2v) is 7.90. The molecule has 166 valence electrons. The molecule has 2 heterocycles. The molecule has 4 rings (SSSR count). The molecule has 10 heteroatoms. The van der Waals surface area contributed by atoms with Crippen LogP contribution in [0.1, 0.15) is 10.5 Å². The zero-order chi connectivity index (χ0) is 23.4. The number of amides is 1. The van der Waals surface area contributed by atoms with Crippen LogP contribution in [0.25, 0.3) is 16.9 Å². The Hall–Kier alpha value is -3.39. The van der Waals surface area contributed by atoms with Crippen LogP contribution in [0.15, 0.2) is 72.9 Å². The maximum absolute atomic E-state index is 12.6. The van der Waals surface area contributed by atoms with Gasteiger partial charge in [-0.05, 0) is 12.1 Å². The van der Waals surface area contributed by atoms with Crippen LogP contribution in [-0.2, 0) is 9.53 Å². The minimum absolute atomic E-state index is 0.0232. The summed E-state index contributed by atoms with van der Waals surface area (Å²) in [4.78, 5) is 28.7. The minimum atomic E-state index is -0.907. The van der Waals surface area contributed by atoms with E-state index in [4.69, 9.17) is 39.5 Å². The first-order chi connectivity index (χ1) is 15.9. The summed E-state index contributed by atoms with van der Waals surface area (Å²) in [6.45, 7) is -0.572. The standard InChI is InChI=1S/C23H15Cl3N4O3/c24-16-12-27-22(21(26)20(16)25)23(32)33-13-19(31)28-18-11-17(14-7-3-1-4-8-14)29-30(18)15-9-5-2-6-10-15/h1-12H,13H2,(H,28,31). The fraction of sp³-hybridized carbons (Fsp3) is 0.0435. The molecule has 0 aliphatic heterocycles. The number of nitrogens with one attached hydrogen (secondary N) is 1. The Balaban J connectivity index is 1.52. The van der Waals surface area contributed by atoms with Gasteiger partial charge in [0.05, 0.1) is 26.4 Å². The van der Waals surface area contributed by atoms with Crippen molar-refractivity contribution in [1.29, 1.82) is 0 Å². The summed E-state index contributed by atoms with van der Waals surface area (Å²) in [5.41, 5.74) is 2.06. The monoisotopic (exact) mass is 500 g/mol. The van der Waals surface area contributed by atoms with Crippen molar-refractivity contribution in [3.05, 3.63) is 93.7 Å². The van der Waals surface area contributed by atoms with Gasteiger partial charge in [-0.2, -0.15) is 5.10 Å². The van der Waals surface area contributed by atoms with Crippen LogP contribution in [-0.4, -0.2) is 33.2 Å². The Morgan fingerprint density at radius 1 is 0.939 bits per heavy atom. The van der Waals surface area contributed by atoms with Gasteiger partial charge >= 0.3 is 5.97 Å². The number of benzene rings is 2. The van der Waals surface area contributed by atoms with Gasteiger partial charge in [0.15, 0.2) is 12.3 Å². The number of carbonyl (C=O) groups excluding carboxylic acids is 2. The molecule has 1 amide bonds. The van der Waals surface area contributed by atoms with Gasteiger partial charge in [0.1, 0.15) is 5.82 Å². The van der Waals surface area contributed by atoms with Crippen molar-refractivity contribution in [3.63, 3.8) is 0 Å². The third-order valence-corrected chi connectivity index (χ3v) is 5.73. The van der Waals surface area contributed by atoms with E-state index in [1.165, 1.54) is 6.20 Å². The highest BCUT2D eigenvalue weighted by atomic mass is 35.5. The number of carbonyl (C=O) groups is 2. The highest BCUT2D eigenvalue weighted by Crippen LogP contribution is 2.31. The van der Waals surface area contributed by atoms with Gasteiger partial charge in [0.25, 0.3) is 5.91 Å². The number of pyridine rings is 1. The van der Waals surface area contributed by atoms with E-state index in [-0.39, 0.29) is 20.8 Å². The Morgan fingerprint density at radius 3 is 2.30 bits per heavy atom. The van der Waals surface area contributed by atoms with E-state index in [0.717, 1.165) is 11.3 Å². The van der Waals surface area contributed by atoms with Crippen LogP contribution < -0.4 is 5.32 Å². The van der Waals surface area contributed by atoms with Gasteiger partial charge in [0, 0.05) is 17.8 Å². The van der Waals surface area contributed by atoms with Crippen LogP contribution >= 0.6 is 34.8 Å². The third kappa shape index (κ3) is 5.17. The van der Waals surface area contributed by atoms with Gasteiger partial charge in [-0.15, -0.1) is 0 Å².